The molecule has 9 heteroatoms. The first-order valence-corrected chi connectivity index (χ1v) is 6.15. The Bertz CT molecular complexity index is 491. The molecule has 1 aliphatic heterocycles. The predicted octanol–water partition coefficient (Wildman–Crippen LogP) is -1.23. The standard InChI is InChI=1S/C12H15NO8/c14-5-8-9(15)10(16)11(17)12(21-8)20-7-3-1-6(2-4-7)13(18)19/h1-4,8-12,14-17H,5H2/t8-,9+,10-,11-,12-/m1/s1. The van der Waals surface area contributed by atoms with Gasteiger partial charge in [0, 0.05) is 12.1 Å². The summed E-state index contributed by atoms with van der Waals surface area (Å²) in [6.45, 7) is -0.564. The van der Waals surface area contributed by atoms with Gasteiger partial charge >= 0.3 is 0 Å². The first-order valence-electron chi connectivity index (χ1n) is 6.15. The molecule has 0 saturated carbocycles. The molecule has 1 saturated heterocycles. The summed E-state index contributed by atoms with van der Waals surface area (Å²) in [5.41, 5.74) is -0.129. The molecular formula is C12H15NO8. The molecule has 0 aromatic heterocycles. The van der Waals surface area contributed by atoms with E-state index in [1.165, 1.54) is 24.3 Å². The number of non-ortho nitro benzene ring substituents is 1. The van der Waals surface area contributed by atoms with Crippen LogP contribution < -0.4 is 4.74 Å². The van der Waals surface area contributed by atoms with Crippen LogP contribution in [0, 0.1) is 10.1 Å². The van der Waals surface area contributed by atoms with E-state index >= 15 is 0 Å². The van der Waals surface area contributed by atoms with Crippen LogP contribution in [0.4, 0.5) is 5.69 Å². The lowest BCUT2D eigenvalue weighted by Crippen LogP contribution is -2.60. The van der Waals surface area contributed by atoms with Gasteiger partial charge in [0.1, 0.15) is 30.2 Å². The van der Waals surface area contributed by atoms with Crippen molar-refractivity contribution in [3.63, 3.8) is 0 Å². The maximum atomic E-state index is 10.5. The molecule has 9 nitrogen and oxygen atoms in total. The van der Waals surface area contributed by atoms with E-state index in [-0.39, 0.29) is 11.4 Å². The van der Waals surface area contributed by atoms with Crippen LogP contribution in [0.25, 0.3) is 0 Å². The van der Waals surface area contributed by atoms with Gasteiger partial charge in [0.2, 0.25) is 6.29 Å². The number of nitrogens with zero attached hydrogens (tertiary/aromatic N) is 1. The van der Waals surface area contributed by atoms with Gasteiger partial charge in [-0.2, -0.15) is 0 Å². The molecule has 0 radical (unpaired) electrons. The van der Waals surface area contributed by atoms with Gasteiger partial charge in [-0.3, -0.25) is 10.1 Å². The Morgan fingerprint density at radius 3 is 2.29 bits per heavy atom. The van der Waals surface area contributed by atoms with Crippen LogP contribution in [0.2, 0.25) is 0 Å². The summed E-state index contributed by atoms with van der Waals surface area (Å²) in [5.74, 6) is 0.171. The van der Waals surface area contributed by atoms with Crippen LogP contribution in [0.1, 0.15) is 0 Å². The van der Waals surface area contributed by atoms with Gasteiger partial charge in [-0.1, -0.05) is 0 Å². The smallest absolute Gasteiger partial charge is 0.269 e. The lowest BCUT2D eigenvalue weighted by molar-refractivity contribution is -0.384. The van der Waals surface area contributed by atoms with E-state index in [2.05, 4.69) is 0 Å². The Morgan fingerprint density at radius 1 is 1.14 bits per heavy atom. The minimum atomic E-state index is -1.54. The fourth-order valence-corrected chi connectivity index (χ4v) is 1.95. The second-order valence-electron chi connectivity index (χ2n) is 4.57. The summed E-state index contributed by atoms with van der Waals surface area (Å²) in [5, 5.41) is 48.6. The number of nitro benzene ring substituents is 1. The molecule has 1 aliphatic rings. The number of nitro groups is 1. The zero-order valence-electron chi connectivity index (χ0n) is 10.8. The molecule has 1 heterocycles. The number of aliphatic hydroxyl groups is 4. The normalized spacial score (nSPS) is 32.7. The SMILES string of the molecule is O=[N+]([O-])c1ccc(O[C@@H]2O[C@H](CO)[C@H](O)[C@@H](O)[C@H]2O)cc1. The fourth-order valence-electron chi connectivity index (χ4n) is 1.95. The van der Waals surface area contributed by atoms with Crippen LogP contribution in [0.15, 0.2) is 24.3 Å². The van der Waals surface area contributed by atoms with Crippen molar-refractivity contribution in [2.24, 2.45) is 0 Å². The summed E-state index contributed by atoms with van der Waals surface area (Å²) < 4.78 is 10.4. The second kappa shape index (κ2) is 6.33. The number of ether oxygens (including phenoxy) is 2. The third-order valence-electron chi connectivity index (χ3n) is 3.15. The number of rotatable bonds is 4. The quantitative estimate of drug-likeness (QED) is 0.400. The van der Waals surface area contributed by atoms with Crippen molar-refractivity contribution in [1.82, 2.24) is 0 Å². The summed E-state index contributed by atoms with van der Waals surface area (Å²) in [6, 6.07) is 5.03. The summed E-state index contributed by atoms with van der Waals surface area (Å²) in [7, 11) is 0. The van der Waals surface area contributed by atoms with Crippen molar-refractivity contribution in [2.45, 2.75) is 30.7 Å². The first kappa shape index (κ1) is 15.6. The molecule has 0 spiro atoms. The summed E-state index contributed by atoms with van der Waals surface area (Å²) in [6.07, 6.45) is -6.94. The third kappa shape index (κ3) is 3.28. The monoisotopic (exact) mass is 301 g/mol. The number of benzene rings is 1. The van der Waals surface area contributed by atoms with E-state index in [9.17, 15) is 25.4 Å². The van der Waals surface area contributed by atoms with E-state index in [4.69, 9.17) is 14.6 Å². The average molecular weight is 301 g/mol. The van der Waals surface area contributed by atoms with Gasteiger partial charge in [-0.15, -0.1) is 0 Å². The maximum Gasteiger partial charge on any atom is 0.269 e. The van der Waals surface area contributed by atoms with Crippen LogP contribution in [-0.4, -0.2) is 62.7 Å². The molecule has 1 aromatic carbocycles. The average Bonchev–Trinajstić information content (AvgIpc) is 2.48. The van der Waals surface area contributed by atoms with Gasteiger partial charge in [-0.25, -0.2) is 0 Å². The Kier molecular flexibility index (Phi) is 4.70. The molecule has 5 atom stereocenters. The molecule has 116 valence electrons. The molecule has 0 aliphatic carbocycles. The van der Waals surface area contributed by atoms with E-state index in [0.717, 1.165) is 0 Å². The highest BCUT2D eigenvalue weighted by molar-refractivity contribution is 5.36. The Morgan fingerprint density at radius 2 is 1.76 bits per heavy atom. The lowest BCUT2D eigenvalue weighted by atomic mass is 9.99. The predicted molar refractivity (Wildman–Crippen MR) is 67.5 cm³/mol. The van der Waals surface area contributed by atoms with E-state index < -0.39 is 42.2 Å². The van der Waals surface area contributed by atoms with E-state index in [0.29, 0.717) is 0 Å². The molecule has 1 aromatic rings. The van der Waals surface area contributed by atoms with Crippen molar-refractivity contribution < 1.29 is 34.8 Å². The van der Waals surface area contributed by atoms with Crippen LogP contribution in [0.5, 0.6) is 5.75 Å². The molecule has 0 bridgehead atoms. The topological polar surface area (TPSA) is 143 Å². The lowest BCUT2D eigenvalue weighted by Gasteiger charge is -2.39. The van der Waals surface area contributed by atoms with Crippen molar-refractivity contribution in [2.75, 3.05) is 6.61 Å². The van der Waals surface area contributed by atoms with Crippen molar-refractivity contribution in [3.8, 4) is 5.75 Å². The molecule has 2 rings (SSSR count). The van der Waals surface area contributed by atoms with Crippen molar-refractivity contribution in [3.05, 3.63) is 34.4 Å². The zero-order chi connectivity index (χ0) is 15.6. The molecule has 4 N–H and O–H groups in total. The molecular weight excluding hydrogens is 286 g/mol. The van der Waals surface area contributed by atoms with Crippen LogP contribution in [0.3, 0.4) is 0 Å². The van der Waals surface area contributed by atoms with Gasteiger partial charge in [0.15, 0.2) is 0 Å². The second-order valence-corrected chi connectivity index (χ2v) is 4.57. The Labute approximate surface area is 119 Å². The van der Waals surface area contributed by atoms with E-state index in [1.807, 2.05) is 0 Å². The summed E-state index contributed by atoms with van der Waals surface area (Å²) >= 11 is 0. The summed E-state index contributed by atoms with van der Waals surface area (Å²) in [4.78, 5) is 9.95. The highest BCUT2D eigenvalue weighted by atomic mass is 16.7. The first-order chi connectivity index (χ1) is 9.93. The number of hydrogen-bond donors (Lipinski definition) is 4. The number of hydrogen-bond acceptors (Lipinski definition) is 8. The van der Waals surface area contributed by atoms with Gasteiger partial charge in [-0.05, 0) is 12.1 Å². The Hall–Kier alpha value is -1.78. The highest BCUT2D eigenvalue weighted by Gasteiger charge is 2.44. The molecule has 0 amide bonds. The van der Waals surface area contributed by atoms with Crippen LogP contribution >= 0.6 is 0 Å². The van der Waals surface area contributed by atoms with Gasteiger partial charge in [0.05, 0.1) is 11.5 Å². The number of aliphatic hydroxyl groups excluding tert-OH is 4. The fraction of sp³-hybridized carbons (Fsp3) is 0.500. The third-order valence-corrected chi connectivity index (χ3v) is 3.15. The molecule has 21 heavy (non-hydrogen) atoms. The van der Waals surface area contributed by atoms with Gasteiger partial charge < -0.3 is 29.9 Å². The minimum absolute atomic E-state index is 0.129. The zero-order valence-corrected chi connectivity index (χ0v) is 10.8. The Balaban J connectivity index is 2.08. The van der Waals surface area contributed by atoms with Crippen LogP contribution in [-0.2, 0) is 4.74 Å². The largest absolute Gasteiger partial charge is 0.462 e. The van der Waals surface area contributed by atoms with Crippen molar-refractivity contribution in [1.29, 1.82) is 0 Å². The maximum absolute atomic E-state index is 10.5. The van der Waals surface area contributed by atoms with Crippen molar-refractivity contribution >= 4 is 5.69 Å². The molecule has 1 fully saturated rings. The van der Waals surface area contributed by atoms with E-state index in [1.54, 1.807) is 0 Å². The highest BCUT2D eigenvalue weighted by Crippen LogP contribution is 2.25. The van der Waals surface area contributed by atoms with Gasteiger partial charge in [0.25, 0.3) is 5.69 Å². The molecule has 0 unspecified atom stereocenters. The minimum Gasteiger partial charge on any atom is -0.462 e.